The van der Waals surface area contributed by atoms with E-state index in [1.54, 1.807) is 0 Å². The summed E-state index contributed by atoms with van der Waals surface area (Å²) in [5.74, 6) is -0.434. The molecular weight excluding hydrogens is 239 g/mol. The number of pyridine rings is 1. The highest BCUT2D eigenvalue weighted by Gasteiger charge is 2.29. The van der Waals surface area contributed by atoms with Gasteiger partial charge in [0.15, 0.2) is 0 Å². The fourth-order valence-electron chi connectivity index (χ4n) is 2.07. The van der Waals surface area contributed by atoms with Crippen molar-refractivity contribution in [1.29, 1.82) is 0 Å². The predicted molar refractivity (Wildman–Crippen MR) is 62.2 cm³/mol. The summed E-state index contributed by atoms with van der Waals surface area (Å²) in [4.78, 5) is 5.69. The van der Waals surface area contributed by atoms with Crippen LogP contribution in [0.4, 0.5) is 4.39 Å². The van der Waals surface area contributed by atoms with Crippen molar-refractivity contribution in [3.05, 3.63) is 29.8 Å². The minimum atomic E-state index is -0.763. The number of aliphatic hydroxyl groups excluding tert-OH is 3. The zero-order chi connectivity index (χ0) is 13.1. The van der Waals surface area contributed by atoms with Crippen LogP contribution in [0.15, 0.2) is 18.3 Å². The first-order chi connectivity index (χ1) is 8.56. The highest BCUT2D eigenvalue weighted by Crippen LogP contribution is 2.17. The van der Waals surface area contributed by atoms with E-state index < -0.39 is 24.1 Å². The molecule has 1 aliphatic heterocycles. The molecule has 2 rings (SSSR count). The Bertz CT molecular complexity index is 377. The Balaban J connectivity index is 1.81. The van der Waals surface area contributed by atoms with Gasteiger partial charge in [0, 0.05) is 19.6 Å². The second-order valence-electron chi connectivity index (χ2n) is 4.60. The van der Waals surface area contributed by atoms with Crippen LogP contribution < -0.4 is 0 Å². The molecule has 1 fully saturated rings. The molecule has 0 bridgehead atoms. The molecule has 0 amide bonds. The summed E-state index contributed by atoms with van der Waals surface area (Å²) in [6.07, 6.45) is -0.697. The van der Waals surface area contributed by atoms with Crippen molar-refractivity contribution in [2.24, 2.45) is 0 Å². The Labute approximate surface area is 105 Å². The molecular formula is C12H17FN2O3. The topological polar surface area (TPSA) is 76.8 Å². The van der Waals surface area contributed by atoms with Crippen LogP contribution >= 0.6 is 0 Å². The molecule has 3 atom stereocenters. The van der Waals surface area contributed by atoms with Crippen molar-refractivity contribution in [2.75, 3.05) is 19.6 Å². The Hall–Kier alpha value is -1.08. The first kappa shape index (κ1) is 13.4. The molecule has 0 spiro atoms. The molecule has 1 aromatic rings. The van der Waals surface area contributed by atoms with E-state index in [1.165, 1.54) is 12.1 Å². The maximum atomic E-state index is 12.7. The lowest BCUT2D eigenvalue weighted by molar-refractivity contribution is 0.0572. The van der Waals surface area contributed by atoms with E-state index in [4.69, 9.17) is 0 Å². The van der Waals surface area contributed by atoms with E-state index in [0.29, 0.717) is 31.7 Å². The zero-order valence-electron chi connectivity index (χ0n) is 9.91. The van der Waals surface area contributed by atoms with Gasteiger partial charge >= 0.3 is 0 Å². The summed E-state index contributed by atoms with van der Waals surface area (Å²) < 4.78 is 12.7. The smallest absolute Gasteiger partial charge is 0.141 e. The maximum Gasteiger partial charge on any atom is 0.141 e. The van der Waals surface area contributed by atoms with Crippen molar-refractivity contribution in [3.8, 4) is 0 Å². The number of nitrogens with zero attached hydrogens (tertiary/aromatic N) is 2. The monoisotopic (exact) mass is 256 g/mol. The highest BCUT2D eigenvalue weighted by molar-refractivity contribution is 5.08. The molecule has 2 heterocycles. The Morgan fingerprint density at radius 2 is 2.00 bits per heavy atom. The number of likely N-dealkylation sites (tertiary alicyclic amines) is 1. The molecule has 5 nitrogen and oxygen atoms in total. The van der Waals surface area contributed by atoms with Crippen molar-refractivity contribution < 1.29 is 19.7 Å². The standard InChI is InChI=1S/C12H17FN2O3/c13-8-1-2-9(14-5-8)10(16)3-4-15-6-11(17)12(18)7-15/h1-2,5,10-12,16-18H,3-4,6-7H2. The molecule has 1 aromatic heterocycles. The third-order valence-electron chi connectivity index (χ3n) is 3.15. The van der Waals surface area contributed by atoms with E-state index in [1.807, 2.05) is 4.90 Å². The first-order valence-electron chi connectivity index (χ1n) is 5.94. The minimum Gasteiger partial charge on any atom is -0.389 e. The van der Waals surface area contributed by atoms with Crippen molar-refractivity contribution in [2.45, 2.75) is 24.7 Å². The molecule has 0 aromatic carbocycles. The van der Waals surface area contributed by atoms with E-state index in [9.17, 15) is 19.7 Å². The number of hydrogen-bond donors (Lipinski definition) is 3. The molecule has 18 heavy (non-hydrogen) atoms. The van der Waals surface area contributed by atoms with Gasteiger partial charge in [-0.3, -0.25) is 9.88 Å². The lowest BCUT2D eigenvalue weighted by atomic mass is 10.1. The average Bonchev–Trinajstić information content (AvgIpc) is 2.67. The van der Waals surface area contributed by atoms with Gasteiger partial charge in [-0.05, 0) is 18.6 Å². The Morgan fingerprint density at radius 1 is 1.33 bits per heavy atom. The lowest BCUT2D eigenvalue weighted by Gasteiger charge is -2.17. The Kier molecular flexibility index (Phi) is 4.23. The van der Waals surface area contributed by atoms with Gasteiger partial charge < -0.3 is 15.3 Å². The van der Waals surface area contributed by atoms with Crippen LogP contribution in [0, 0.1) is 5.82 Å². The number of aromatic nitrogens is 1. The molecule has 0 radical (unpaired) electrons. The summed E-state index contributed by atoms with van der Waals surface area (Å²) in [5.41, 5.74) is 0.427. The van der Waals surface area contributed by atoms with Crippen LogP contribution in [0.1, 0.15) is 18.2 Å². The van der Waals surface area contributed by atoms with E-state index in [2.05, 4.69) is 4.98 Å². The van der Waals surface area contributed by atoms with Gasteiger partial charge in [-0.1, -0.05) is 0 Å². The number of β-amino-alcohol motifs (C(OH)–C–C–N with tert-alkyl or cyclic N) is 2. The molecule has 3 unspecified atom stereocenters. The highest BCUT2D eigenvalue weighted by atomic mass is 19.1. The van der Waals surface area contributed by atoms with Crippen LogP contribution in [-0.4, -0.2) is 57.0 Å². The molecule has 0 saturated carbocycles. The predicted octanol–water partition coefficient (Wildman–Crippen LogP) is -0.318. The Morgan fingerprint density at radius 3 is 2.56 bits per heavy atom. The van der Waals surface area contributed by atoms with E-state index in [0.717, 1.165) is 6.20 Å². The van der Waals surface area contributed by atoms with Crippen LogP contribution in [0.25, 0.3) is 0 Å². The minimum absolute atomic E-state index is 0.407. The first-order valence-corrected chi connectivity index (χ1v) is 5.94. The fraction of sp³-hybridized carbons (Fsp3) is 0.583. The number of rotatable bonds is 4. The second-order valence-corrected chi connectivity index (χ2v) is 4.60. The summed E-state index contributed by atoms with van der Waals surface area (Å²) in [7, 11) is 0. The van der Waals surface area contributed by atoms with Crippen LogP contribution in [0.2, 0.25) is 0 Å². The average molecular weight is 256 g/mol. The van der Waals surface area contributed by atoms with Gasteiger partial charge in [-0.2, -0.15) is 0 Å². The quantitative estimate of drug-likeness (QED) is 0.688. The molecule has 1 aliphatic rings. The van der Waals surface area contributed by atoms with E-state index in [-0.39, 0.29) is 0 Å². The zero-order valence-corrected chi connectivity index (χ0v) is 9.91. The molecule has 1 saturated heterocycles. The molecule has 100 valence electrons. The number of hydrogen-bond acceptors (Lipinski definition) is 5. The fourth-order valence-corrected chi connectivity index (χ4v) is 2.07. The third-order valence-corrected chi connectivity index (χ3v) is 3.15. The lowest BCUT2D eigenvalue weighted by Crippen LogP contribution is -2.24. The number of aliphatic hydroxyl groups is 3. The van der Waals surface area contributed by atoms with Crippen molar-refractivity contribution in [1.82, 2.24) is 9.88 Å². The third kappa shape index (κ3) is 3.23. The summed E-state index contributed by atoms with van der Waals surface area (Å²) in [6.45, 7) is 1.36. The van der Waals surface area contributed by atoms with Gasteiger partial charge in [0.05, 0.1) is 30.2 Å². The summed E-state index contributed by atoms with van der Waals surface area (Å²) in [5, 5.41) is 28.6. The van der Waals surface area contributed by atoms with Crippen molar-refractivity contribution >= 4 is 0 Å². The van der Waals surface area contributed by atoms with Crippen LogP contribution in [0.5, 0.6) is 0 Å². The normalized spacial score (nSPS) is 26.4. The van der Waals surface area contributed by atoms with E-state index >= 15 is 0 Å². The molecule has 6 heteroatoms. The summed E-state index contributed by atoms with van der Waals surface area (Å²) >= 11 is 0. The molecule has 0 aliphatic carbocycles. The van der Waals surface area contributed by atoms with Gasteiger partial charge in [0.1, 0.15) is 5.82 Å². The van der Waals surface area contributed by atoms with Gasteiger partial charge in [-0.15, -0.1) is 0 Å². The largest absolute Gasteiger partial charge is 0.389 e. The van der Waals surface area contributed by atoms with Gasteiger partial charge in [-0.25, -0.2) is 4.39 Å². The van der Waals surface area contributed by atoms with Crippen LogP contribution in [-0.2, 0) is 0 Å². The van der Waals surface area contributed by atoms with Crippen LogP contribution in [0.3, 0.4) is 0 Å². The van der Waals surface area contributed by atoms with Crippen molar-refractivity contribution in [3.63, 3.8) is 0 Å². The SMILES string of the molecule is OC(CCN1CC(O)C(O)C1)c1ccc(F)cn1. The molecule has 3 N–H and O–H groups in total. The second kappa shape index (κ2) is 5.71. The summed E-state index contributed by atoms with van der Waals surface area (Å²) in [6, 6.07) is 2.71. The maximum absolute atomic E-state index is 12.7. The van der Waals surface area contributed by atoms with Gasteiger partial charge in [0.25, 0.3) is 0 Å². The number of halogens is 1. The van der Waals surface area contributed by atoms with Gasteiger partial charge in [0.2, 0.25) is 0 Å².